The zero-order valence-electron chi connectivity index (χ0n) is 12.6. The van der Waals surface area contributed by atoms with Crippen molar-refractivity contribution in [2.24, 2.45) is 0 Å². The van der Waals surface area contributed by atoms with Crippen LogP contribution in [0.5, 0.6) is 0 Å². The van der Waals surface area contributed by atoms with Gasteiger partial charge in [0, 0.05) is 32.7 Å². The first-order chi connectivity index (χ1) is 9.65. The number of hydrogen-bond acceptors (Lipinski definition) is 5. The number of likely N-dealkylation sites (N-methyl/N-ethyl adjacent to an activating group) is 1. The Hall–Kier alpha value is -0.630. The van der Waals surface area contributed by atoms with Crippen molar-refractivity contribution < 1.29 is 0 Å². The minimum Gasteiger partial charge on any atom is -0.369 e. The molecule has 1 aliphatic heterocycles. The van der Waals surface area contributed by atoms with E-state index in [9.17, 15) is 0 Å². The summed E-state index contributed by atoms with van der Waals surface area (Å²) in [6.45, 7) is 9.36. The molecule has 1 aromatic rings. The number of aryl methyl sites for hydroxylation is 1. The third-order valence-corrected chi connectivity index (χ3v) is 4.66. The molecule has 6 heteroatoms. The predicted octanol–water partition coefficient (Wildman–Crippen LogP) is 2.22. The monoisotopic (exact) mass is 389 g/mol. The highest BCUT2D eigenvalue weighted by Gasteiger charge is 2.19. The molecular weight excluding hydrogens is 365 g/mol. The van der Waals surface area contributed by atoms with Gasteiger partial charge in [-0.1, -0.05) is 13.3 Å². The van der Waals surface area contributed by atoms with Gasteiger partial charge in [0.05, 0.1) is 9.26 Å². The van der Waals surface area contributed by atoms with Crippen molar-refractivity contribution in [3.63, 3.8) is 0 Å². The molecule has 0 spiro atoms. The Morgan fingerprint density at radius 3 is 2.45 bits per heavy atom. The van der Waals surface area contributed by atoms with Gasteiger partial charge in [0.1, 0.15) is 5.82 Å². The van der Waals surface area contributed by atoms with Gasteiger partial charge in [-0.3, -0.25) is 0 Å². The molecular formula is C14H24IN5. The largest absolute Gasteiger partial charge is 0.369 e. The smallest absolute Gasteiger partial charge is 0.227 e. The second-order valence-corrected chi connectivity index (χ2v) is 6.28. The fourth-order valence-electron chi connectivity index (χ4n) is 2.32. The molecule has 0 saturated carbocycles. The van der Waals surface area contributed by atoms with E-state index in [1.54, 1.807) is 0 Å². The van der Waals surface area contributed by atoms with Gasteiger partial charge in [-0.15, -0.1) is 0 Å². The van der Waals surface area contributed by atoms with Crippen molar-refractivity contribution in [1.82, 2.24) is 14.9 Å². The third kappa shape index (κ3) is 3.72. The molecule has 1 saturated heterocycles. The number of rotatable bonds is 5. The first kappa shape index (κ1) is 15.8. The van der Waals surface area contributed by atoms with Gasteiger partial charge < -0.3 is 15.1 Å². The average molecular weight is 389 g/mol. The Morgan fingerprint density at radius 2 is 1.85 bits per heavy atom. The second kappa shape index (κ2) is 7.40. The molecule has 0 aromatic carbocycles. The van der Waals surface area contributed by atoms with E-state index in [4.69, 9.17) is 9.97 Å². The summed E-state index contributed by atoms with van der Waals surface area (Å²) >= 11 is 2.36. The summed E-state index contributed by atoms with van der Waals surface area (Å²) in [5.74, 6) is 1.87. The lowest BCUT2D eigenvalue weighted by atomic mass is 10.2. The molecule has 0 amide bonds. The molecule has 0 aliphatic carbocycles. The number of halogens is 1. The standard InChI is InChI=1S/C14H24IN5/c1-4-6-11-12(15)13(16-5-2)18-14(17-11)20-9-7-19(3)8-10-20/h4-10H2,1-3H3,(H,16,17,18). The van der Waals surface area contributed by atoms with Crippen molar-refractivity contribution >= 4 is 34.4 Å². The van der Waals surface area contributed by atoms with E-state index in [1.165, 1.54) is 9.26 Å². The third-order valence-electron chi connectivity index (χ3n) is 3.53. The van der Waals surface area contributed by atoms with Crippen molar-refractivity contribution in [3.8, 4) is 0 Å². The molecule has 1 aromatic heterocycles. The summed E-state index contributed by atoms with van der Waals surface area (Å²) in [4.78, 5) is 14.2. The van der Waals surface area contributed by atoms with Crippen LogP contribution in [0.4, 0.5) is 11.8 Å². The minimum atomic E-state index is 0.887. The van der Waals surface area contributed by atoms with Gasteiger partial charge in [0.25, 0.3) is 0 Å². The van der Waals surface area contributed by atoms with Gasteiger partial charge >= 0.3 is 0 Å². The van der Waals surface area contributed by atoms with Crippen LogP contribution in [0.2, 0.25) is 0 Å². The zero-order valence-corrected chi connectivity index (χ0v) is 14.8. The lowest BCUT2D eigenvalue weighted by molar-refractivity contribution is 0.311. The maximum atomic E-state index is 4.80. The van der Waals surface area contributed by atoms with Crippen LogP contribution in [0.1, 0.15) is 26.0 Å². The van der Waals surface area contributed by atoms with Crippen LogP contribution in [0, 0.1) is 3.57 Å². The summed E-state index contributed by atoms with van der Waals surface area (Å²) in [6, 6.07) is 0. The maximum Gasteiger partial charge on any atom is 0.227 e. The highest BCUT2D eigenvalue weighted by molar-refractivity contribution is 14.1. The van der Waals surface area contributed by atoms with Crippen molar-refractivity contribution in [2.45, 2.75) is 26.7 Å². The lowest BCUT2D eigenvalue weighted by Crippen LogP contribution is -2.45. The van der Waals surface area contributed by atoms with Gasteiger partial charge in [-0.05, 0) is 43.0 Å². The summed E-state index contributed by atoms with van der Waals surface area (Å²) in [5.41, 5.74) is 1.17. The van der Waals surface area contributed by atoms with Crippen LogP contribution in [0.25, 0.3) is 0 Å². The van der Waals surface area contributed by atoms with E-state index in [-0.39, 0.29) is 0 Å². The van der Waals surface area contributed by atoms with E-state index in [0.29, 0.717) is 0 Å². The SMILES string of the molecule is CCCc1nc(N2CCN(C)CC2)nc(NCC)c1I. The normalized spacial score (nSPS) is 16.5. The fourth-order valence-corrected chi connectivity index (χ4v) is 3.02. The van der Waals surface area contributed by atoms with Gasteiger partial charge in [-0.25, -0.2) is 4.98 Å². The molecule has 0 unspecified atom stereocenters. The lowest BCUT2D eigenvalue weighted by Gasteiger charge is -2.32. The molecule has 1 fully saturated rings. The Balaban J connectivity index is 2.27. The molecule has 1 aliphatic rings. The Bertz CT molecular complexity index is 416. The quantitative estimate of drug-likeness (QED) is 0.783. The minimum absolute atomic E-state index is 0.887. The van der Waals surface area contributed by atoms with E-state index in [1.807, 2.05) is 0 Å². The summed E-state index contributed by atoms with van der Waals surface area (Å²) in [5, 5.41) is 3.37. The first-order valence-corrected chi connectivity index (χ1v) is 8.47. The average Bonchev–Trinajstić information content (AvgIpc) is 2.44. The van der Waals surface area contributed by atoms with E-state index < -0.39 is 0 Å². The highest BCUT2D eigenvalue weighted by atomic mass is 127. The fraction of sp³-hybridized carbons (Fsp3) is 0.714. The molecule has 2 heterocycles. The second-order valence-electron chi connectivity index (χ2n) is 5.20. The number of nitrogens with zero attached hydrogens (tertiary/aromatic N) is 4. The number of hydrogen-bond donors (Lipinski definition) is 1. The molecule has 20 heavy (non-hydrogen) atoms. The van der Waals surface area contributed by atoms with E-state index in [0.717, 1.165) is 57.3 Å². The summed E-state index contributed by atoms with van der Waals surface area (Å²) in [7, 11) is 2.17. The number of piperazine rings is 1. The van der Waals surface area contributed by atoms with Crippen LogP contribution in [0.3, 0.4) is 0 Å². The van der Waals surface area contributed by atoms with Crippen LogP contribution in [0.15, 0.2) is 0 Å². The highest BCUT2D eigenvalue weighted by Crippen LogP contribution is 2.24. The number of nitrogens with one attached hydrogen (secondary N) is 1. The zero-order chi connectivity index (χ0) is 14.5. The molecule has 0 atom stereocenters. The van der Waals surface area contributed by atoms with E-state index in [2.05, 4.69) is 58.6 Å². The van der Waals surface area contributed by atoms with Gasteiger partial charge in [-0.2, -0.15) is 4.98 Å². The molecule has 5 nitrogen and oxygen atoms in total. The molecule has 0 bridgehead atoms. The number of anilines is 2. The van der Waals surface area contributed by atoms with Gasteiger partial charge in [0.2, 0.25) is 5.95 Å². The Labute approximate surface area is 135 Å². The Morgan fingerprint density at radius 1 is 1.15 bits per heavy atom. The molecule has 2 rings (SSSR count). The summed E-state index contributed by atoms with van der Waals surface area (Å²) in [6.07, 6.45) is 2.13. The van der Waals surface area contributed by atoms with Crippen molar-refractivity contribution in [3.05, 3.63) is 9.26 Å². The molecule has 0 radical (unpaired) electrons. The number of aromatic nitrogens is 2. The summed E-state index contributed by atoms with van der Waals surface area (Å²) < 4.78 is 1.17. The topological polar surface area (TPSA) is 44.3 Å². The van der Waals surface area contributed by atoms with Crippen LogP contribution in [-0.2, 0) is 6.42 Å². The van der Waals surface area contributed by atoms with Crippen LogP contribution < -0.4 is 10.2 Å². The van der Waals surface area contributed by atoms with Crippen LogP contribution in [-0.4, -0.2) is 54.6 Å². The van der Waals surface area contributed by atoms with Crippen molar-refractivity contribution in [1.29, 1.82) is 0 Å². The maximum absolute atomic E-state index is 4.80. The predicted molar refractivity (Wildman–Crippen MR) is 92.6 cm³/mol. The first-order valence-electron chi connectivity index (χ1n) is 7.39. The molecule has 112 valence electrons. The van der Waals surface area contributed by atoms with Gasteiger partial charge in [0.15, 0.2) is 0 Å². The van der Waals surface area contributed by atoms with Crippen molar-refractivity contribution in [2.75, 3.05) is 50.0 Å². The van der Waals surface area contributed by atoms with Crippen LogP contribution >= 0.6 is 22.6 Å². The van der Waals surface area contributed by atoms with E-state index >= 15 is 0 Å². The molecule has 1 N–H and O–H groups in total. The Kier molecular flexibility index (Phi) is 5.83.